The minimum absolute atomic E-state index is 0.142. The fourth-order valence-electron chi connectivity index (χ4n) is 1.85. The zero-order valence-corrected chi connectivity index (χ0v) is 14.4. The SMILES string of the molecule is Nc1cc(N)cc(C(=O)OCC(=O)Nc2c(Cl)cc(Cl)cc2Cl)c1. The molecule has 0 spiro atoms. The monoisotopic (exact) mass is 387 g/mol. The molecule has 2 aromatic carbocycles. The van der Waals surface area contributed by atoms with Gasteiger partial charge in [-0.15, -0.1) is 0 Å². The van der Waals surface area contributed by atoms with Gasteiger partial charge in [0.05, 0.1) is 21.3 Å². The van der Waals surface area contributed by atoms with Crippen LogP contribution in [0, 0.1) is 0 Å². The molecule has 2 rings (SSSR count). The van der Waals surface area contributed by atoms with E-state index in [1.807, 2.05) is 0 Å². The van der Waals surface area contributed by atoms with E-state index in [4.69, 9.17) is 51.0 Å². The van der Waals surface area contributed by atoms with E-state index in [0.29, 0.717) is 16.4 Å². The molecule has 0 aliphatic heterocycles. The van der Waals surface area contributed by atoms with Gasteiger partial charge in [0.2, 0.25) is 0 Å². The molecule has 0 aliphatic carbocycles. The molecule has 0 aromatic heterocycles. The van der Waals surface area contributed by atoms with Gasteiger partial charge in [-0.05, 0) is 30.3 Å². The smallest absolute Gasteiger partial charge is 0.338 e. The number of nitrogens with two attached hydrogens (primary N) is 2. The van der Waals surface area contributed by atoms with E-state index in [-0.39, 0.29) is 21.3 Å². The molecule has 0 saturated carbocycles. The molecule has 24 heavy (non-hydrogen) atoms. The number of anilines is 3. The van der Waals surface area contributed by atoms with Gasteiger partial charge in [0.25, 0.3) is 5.91 Å². The molecule has 0 aliphatic rings. The summed E-state index contributed by atoms with van der Waals surface area (Å²) < 4.78 is 4.90. The average molecular weight is 389 g/mol. The lowest BCUT2D eigenvalue weighted by Gasteiger charge is -2.10. The van der Waals surface area contributed by atoms with Gasteiger partial charge in [-0.25, -0.2) is 4.79 Å². The Bertz CT molecular complexity index is 769. The summed E-state index contributed by atoms with van der Waals surface area (Å²) in [5.74, 6) is -1.36. The Kier molecular flexibility index (Phi) is 5.77. The second kappa shape index (κ2) is 7.61. The summed E-state index contributed by atoms with van der Waals surface area (Å²) in [6.07, 6.45) is 0. The molecular formula is C15H12Cl3N3O3. The average Bonchev–Trinajstić information content (AvgIpc) is 2.47. The summed E-state index contributed by atoms with van der Waals surface area (Å²) in [5.41, 5.74) is 12.1. The summed E-state index contributed by atoms with van der Waals surface area (Å²) in [6, 6.07) is 7.12. The lowest BCUT2D eigenvalue weighted by Crippen LogP contribution is -2.21. The molecule has 1 amide bonds. The van der Waals surface area contributed by atoms with Crippen LogP contribution < -0.4 is 16.8 Å². The largest absolute Gasteiger partial charge is 0.452 e. The highest BCUT2D eigenvalue weighted by atomic mass is 35.5. The van der Waals surface area contributed by atoms with Crippen molar-refractivity contribution in [3.8, 4) is 0 Å². The van der Waals surface area contributed by atoms with E-state index >= 15 is 0 Å². The number of nitrogen functional groups attached to an aromatic ring is 2. The first kappa shape index (κ1) is 18.2. The molecule has 2 aromatic rings. The number of rotatable bonds is 4. The van der Waals surface area contributed by atoms with E-state index < -0.39 is 18.5 Å². The van der Waals surface area contributed by atoms with E-state index in [1.165, 1.54) is 30.3 Å². The van der Waals surface area contributed by atoms with Crippen molar-refractivity contribution in [2.45, 2.75) is 0 Å². The molecule has 6 nitrogen and oxygen atoms in total. The van der Waals surface area contributed by atoms with Gasteiger partial charge >= 0.3 is 5.97 Å². The lowest BCUT2D eigenvalue weighted by atomic mass is 10.2. The van der Waals surface area contributed by atoms with Crippen LogP contribution in [-0.2, 0) is 9.53 Å². The Morgan fingerprint density at radius 1 is 0.958 bits per heavy atom. The highest BCUT2D eigenvalue weighted by Crippen LogP contribution is 2.33. The summed E-state index contributed by atoms with van der Waals surface area (Å²) >= 11 is 17.7. The molecule has 0 radical (unpaired) electrons. The maximum absolute atomic E-state index is 11.9. The van der Waals surface area contributed by atoms with Gasteiger partial charge in [-0.2, -0.15) is 0 Å². The standard InChI is InChI=1S/C15H12Cl3N3O3/c16-8-3-11(17)14(12(18)4-8)21-13(22)6-24-15(23)7-1-9(19)5-10(20)2-7/h1-5H,6,19-20H2,(H,21,22). The van der Waals surface area contributed by atoms with Crippen LogP contribution in [0.25, 0.3) is 0 Å². The number of nitrogens with one attached hydrogen (secondary N) is 1. The Balaban J connectivity index is 2.00. The third-order valence-corrected chi connectivity index (χ3v) is 3.63. The molecule has 126 valence electrons. The van der Waals surface area contributed by atoms with Gasteiger partial charge in [0.15, 0.2) is 6.61 Å². The number of ether oxygens (including phenoxy) is 1. The van der Waals surface area contributed by atoms with Crippen LogP contribution in [0.15, 0.2) is 30.3 Å². The molecule has 5 N–H and O–H groups in total. The molecule has 0 unspecified atom stereocenters. The number of carbonyl (C=O) groups excluding carboxylic acids is 2. The van der Waals surface area contributed by atoms with Crippen molar-refractivity contribution in [2.75, 3.05) is 23.4 Å². The predicted octanol–water partition coefficient (Wildman–Crippen LogP) is 3.61. The first-order valence-electron chi connectivity index (χ1n) is 6.54. The van der Waals surface area contributed by atoms with Crippen LogP contribution >= 0.6 is 34.8 Å². The van der Waals surface area contributed by atoms with Crippen molar-refractivity contribution in [3.63, 3.8) is 0 Å². The Labute approximate surface area is 152 Å². The van der Waals surface area contributed by atoms with E-state index in [9.17, 15) is 9.59 Å². The second-order valence-corrected chi connectivity index (χ2v) is 6.01. The number of halogens is 3. The minimum Gasteiger partial charge on any atom is -0.452 e. The third kappa shape index (κ3) is 4.67. The van der Waals surface area contributed by atoms with Gasteiger partial charge in [-0.1, -0.05) is 34.8 Å². The highest BCUT2D eigenvalue weighted by Gasteiger charge is 2.14. The molecule has 0 saturated heterocycles. The lowest BCUT2D eigenvalue weighted by molar-refractivity contribution is -0.119. The van der Waals surface area contributed by atoms with E-state index in [0.717, 1.165) is 0 Å². The summed E-state index contributed by atoms with van der Waals surface area (Å²) in [5, 5.41) is 3.10. The van der Waals surface area contributed by atoms with Gasteiger partial charge in [0.1, 0.15) is 0 Å². The first-order chi connectivity index (χ1) is 11.3. The van der Waals surface area contributed by atoms with Crippen molar-refractivity contribution in [1.82, 2.24) is 0 Å². The molecule has 0 bridgehead atoms. The molecule has 0 atom stereocenters. The van der Waals surface area contributed by atoms with Crippen molar-refractivity contribution in [3.05, 3.63) is 51.0 Å². The van der Waals surface area contributed by atoms with Crippen LogP contribution in [0.5, 0.6) is 0 Å². The zero-order chi connectivity index (χ0) is 17.9. The zero-order valence-electron chi connectivity index (χ0n) is 12.1. The van der Waals surface area contributed by atoms with Crippen LogP contribution in [0.2, 0.25) is 15.1 Å². The van der Waals surface area contributed by atoms with Gasteiger partial charge in [-0.3, -0.25) is 4.79 Å². The predicted molar refractivity (Wildman–Crippen MR) is 95.7 cm³/mol. The number of carbonyl (C=O) groups is 2. The van der Waals surface area contributed by atoms with Crippen molar-refractivity contribution >= 4 is 63.7 Å². The Morgan fingerprint density at radius 3 is 2.04 bits per heavy atom. The quantitative estimate of drug-likeness (QED) is 0.548. The van der Waals surface area contributed by atoms with Crippen molar-refractivity contribution < 1.29 is 14.3 Å². The Morgan fingerprint density at radius 2 is 1.50 bits per heavy atom. The van der Waals surface area contributed by atoms with Crippen molar-refractivity contribution in [2.24, 2.45) is 0 Å². The number of amides is 1. The Hall–Kier alpha value is -2.15. The van der Waals surface area contributed by atoms with Crippen LogP contribution in [-0.4, -0.2) is 18.5 Å². The molecular weight excluding hydrogens is 377 g/mol. The van der Waals surface area contributed by atoms with Crippen LogP contribution in [0.3, 0.4) is 0 Å². The molecule has 9 heteroatoms. The summed E-state index contributed by atoms with van der Waals surface area (Å²) in [6.45, 7) is -0.539. The number of benzene rings is 2. The maximum atomic E-state index is 11.9. The normalized spacial score (nSPS) is 10.3. The van der Waals surface area contributed by atoms with Crippen molar-refractivity contribution in [1.29, 1.82) is 0 Å². The fourth-order valence-corrected chi connectivity index (χ4v) is 2.76. The second-order valence-electron chi connectivity index (χ2n) is 4.76. The van der Waals surface area contributed by atoms with E-state index in [2.05, 4.69) is 5.32 Å². The number of hydrogen-bond donors (Lipinski definition) is 3. The summed E-state index contributed by atoms with van der Waals surface area (Å²) in [7, 11) is 0. The minimum atomic E-state index is -0.738. The van der Waals surface area contributed by atoms with Gasteiger partial charge < -0.3 is 21.5 Å². The maximum Gasteiger partial charge on any atom is 0.338 e. The van der Waals surface area contributed by atoms with E-state index in [1.54, 1.807) is 0 Å². The van der Waals surface area contributed by atoms with Crippen LogP contribution in [0.4, 0.5) is 17.1 Å². The number of esters is 1. The molecule has 0 heterocycles. The van der Waals surface area contributed by atoms with Gasteiger partial charge in [0, 0.05) is 16.4 Å². The third-order valence-electron chi connectivity index (χ3n) is 2.82. The first-order valence-corrected chi connectivity index (χ1v) is 7.67. The topological polar surface area (TPSA) is 107 Å². The number of hydrogen-bond acceptors (Lipinski definition) is 5. The fraction of sp³-hybridized carbons (Fsp3) is 0.0667. The highest BCUT2D eigenvalue weighted by molar-refractivity contribution is 6.42. The molecule has 0 fully saturated rings. The summed E-state index contributed by atoms with van der Waals surface area (Å²) in [4.78, 5) is 23.8. The van der Waals surface area contributed by atoms with Crippen LogP contribution in [0.1, 0.15) is 10.4 Å².